The van der Waals surface area contributed by atoms with Crippen molar-refractivity contribution in [1.29, 1.82) is 0 Å². The average molecular weight is 518 g/mol. The van der Waals surface area contributed by atoms with Crippen molar-refractivity contribution in [3.8, 4) is 10.4 Å². The van der Waals surface area contributed by atoms with Crippen LogP contribution in [-0.4, -0.2) is 26.7 Å². The number of ether oxygens (including phenoxy) is 1. The molecule has 0 amide bonds. The second-order valence-electron chi connectivity index (χ2n) is 9.19. The summed E-state index contributed by atoms with van der Waals surface area (Å²) in [4.78, 5) is 15.4. The molecule has 0 radical (unpaired) electrons. The van der Waals surface area contributed by atoms with Crippen LogP contribution >= 0.6 is 11.3 Å². The van der Waals surface area contributed by atoms with Gasteiger partial charge in [0.15, 0.2) is 5.82 Å². The summed E-state index contributed by atoms with van der Waals surface area (Å²) in [6, 6.07) is 20.1. The van der Waals surface area contributed by atoms with Gasteiger partial charge in [-0.1, -0.05) is 44.7 Å². The van der Waals surface area contributed by atoms with E-state index in [0.29, 0.717) is 17.9 Å². The lowest BCUT2D eigenvalue weighted by molar-refractivity contribution is 0.0498. The van der Waals surface area contributed by atoms with Gasteiger partial charge in [0.1, 0.15) is 5.69 Å². The van der Waals surface area contributed by atoms with Crippen molar-refractivity contribution in [2.75, 3.05) is 25.6 Å². The molecular formula is C30H32FN3O2S. The van der Waals surface area contributed by atoms with Gasteiger partial charge in [0.2, 0.25) is 0 Å². The maximum atomic E-state index is 14.8. The van der Waals surface area contributed by atoms with Crippen molar-refractivity contribution in [2.24, 2.45) is 10.2 Å². The van der Waals surface area contributed by atoms with Gasteiger partial charge in [-0.3, -0.25) is 0 Å². The number of hydrogen-bond acceptors (Lipinski definition) is 6. The zero-order valence-corrected chi connectivity index (χ0v) is 22.4. The Labute approximate surface area is 221 Å². The number of halogens is 1. The number of hydrogen-bond donors (Lipinski definition) is 0. The van der Waals surface area contributed by atoms with E-state index in [1.807, 2.05) is 67.5 Å². The van der Waals surface area contributed by atoms with Gasteiger partial charge < -0.3 is 9.64 Å². The van der Waals surface area contributed by atoms with Gasteiger partial charge in [0, 0.05) is 29.4 Å². The molecule has 3 aromatic carbocycles. The number of nitrogens with zero attached hydrogens (tertiary/aromatic N) is 3. The van der Waals surface area contributed by atoms with Crippen LogP contribution in [-0.2, 0) is 4.74 Å². The number of benzene rings is 3. The standard InChI is InChI=1S/C30H32FN3O2S/c1-4-5-6-7-8-17-36-30(35)23-10-9-22-19-28(37-29(22)20-23)21-11-16-27(26(31)18-21)33-32-24-12-14-25(15-13-24)34(2)3/h9-16,18-20H,4-8,17H2,1-3H3. The summed E-state index contributed by atoms with van der Waals surface area (Å²) in [5.74, 6) is -0.740. The summed E-state index contributed by atoms with van der Waals surface area (Å²) in [5.41, 5.74) is 3.18. The van der Waals surface area contributed by atoms with Gasteiger partial charge >= 0.3 is 5.97 Å². The zero-order valence-electron chi connectivity index (χ0n) is 21.5. The Hall–Kier alpha value is -3.58. The molecule has 37 heavy (non-hydrogen) atoms. The van der Waals surface area contributed by atoms with Crippen LogP contribution in [0.15, 0.2) is 77.0 Å². The summed E-state index contributed by atoms with van der Waals surface area (Å²) in [6.45, 7) is 2.62. The lowest BCUT2D eigenvalue weighted by Gasteiger charge is -2.11. The number of esters is 1. The third-order valence-corrected chi connectivity index (χ3v) is 7.26. The van der Waals surface area contributed by atoms with Crippen LogP contribution in [0.5, 0.6) is 0 Å². The molecule has 0 aliphatic rings. The zero-order chi connectivity index (χ0) is 26.2. The van der Waals surface area contributed by atoms with Gasteiger partial charge in [0.25, 0.3) is 0 Å². The van der Waals surface area contributed by atoms with Crippen LogP contribution in [0.3, 0.4) is 0 Å². The molecule has 1 heterocycles. The Bertz CT molecular complexity index is 1380. The fourth-order valence-electron chi connectivity index (χ4n) is 3.92. The molecule has 0 spiro atoms. The van der Waals surface area contributed by atoms with E-state index in [9.17, 15) is 9.18 Å². The van der Waals surface area contributed by atoms with Gasteiger partial charge in [0.05, 0.1) is 17.9 Å². The molecular weight excluding hydrogens is 485 g/mol. The Morgan fingerprint density at radius 3 is 2.43 bits per heavy atom. The summed E-state index contributed by atoms with van der Waals surface area (Å²) in [7, 11) is 3.93. The molecule has 0 N–H and O–H groups in total. The summed E-state index contributed by atoms with van der Waals surface area (Å²) >= 11 is 1.52. The number of carbonyl (C=O) groups is 1. The van der Waals surface area contributed by atoms with Crippen LogP contribution < -0.4 is 4.90 Å². The molecule has 1 aromatic heterocycles. The summed E-state index contributed by atoms with van der Waals surface area (Å²) in [5, 5.41) is 9.26. The Kier molecular flexibility index (Phi) is 9.01. The second-order valence-corrected chi connectivity index (χ2v) is 10.3. The van der Waals surface area contributed by atoms with Crippen LogP contribution in [0.1, 0.15) is 49.4 Å². The SMILES string of the molecule is CCCCCCCOC(=O)c1ccc2cc(-c3ccc(N=Nc4ccc(N(C)C)cc4)c(F)c3)sc2c1. The van der Waals surface area contributed by atoms with E-state index >= 15 is 0 Å². The normalized spacial score (nSPS) is 11.4. The van der Waals surface area contributed by atoms with Crippen molar-refractivity contribution in [1.82, 2.24) is 0 Å². The quantitative estimate of drug-likeness (QED) is 0.113. The molecule has 0 unspecified atom stereocenters. The maximum absolute atomic E-state index is 14.8. The lowest BCUT2D eigenvalue weighted by atomic mass is 10.1. The summed E-state index contributed by atoms with van der Waals surface area (Å²) in [6.07, 6.45) is 5.55. The highest BCUT2D eigenvalue weighted by atomic mass is 32.1. The van der Waals surface area contributed by atoms with Crippen molar-refractivity contribution >= 4 is 44.5 Å². The monoisotopic (exact) mass is 517 g/mol. The molecule has 4 aromatic rings. The van der Waals surface area contributed by atoms with E-state index in [4.69, 9.17) is 4.74 Å². The fourth-order valence-corrected chi connectivity index (χ4v) is 5.02. The van der Waals surface area contributed by atoms with Crippen molar-refractivity contribution in [3.63, 3.8) is 0 Å². The number of anilines is 1. The Balaban J connectivity index is 1.42. The Morgan fingerprint density at radius 1 is 0.919 bits per heavy atom. The number of carbonyl (C=O) groups excluding carboxylic acids is 1. The molecule has 0 bridgehead atoms. The number of azo groups is 1. The number of fused-ring (bicyclic) bond motifs is 1. The van der Waals surface area contributed by atoms with E-state index in [-0.39, 0.29) is 11.7 Å². The molecule has 0 saturated heterocycles. The van der Waals surface area contributed by atoms with Crippen LogP contribution in [0.2, 0.25) is 0 Å². The molecule has 0 fully saturated rings. The topological polar surface area (TPSA) is 54.3 Å². The molecule has 5 nitrogen and oxygen atoms in total. The minimum Gasteiger partial charge on any atom is -0.462 e. The van der Waals surface area contributed by atoms with Crippen molar-refractivity contribution < 1.29 is 13.9 Å². The predicted octanol–water partition coefficient (Wildman–Crippen LogP) is 9.32. The van der Waals surface area contributed by atoms with Crippen LogP contribution in [0.25, 0.3) is 20.5 Å². The first-order valence-corrected chi connectivity index (χ1v) is 13.5. The molecule has 7 heteroatoms. The van der Waals surface area contributed by atoms with Crippen molar-refractivity contribution in [2.45, 2.75) is 39.0 Å². The maximum Gasteiger partial charge on any atom is 0.338 e. The number of unbranched alkanes of at least 4 members (excludes halogenated alkanes) is 4. The summed E-state index contributed by atoms with van der Waals surface area (Å²) < 4.78 is 21.2. The highest BCUT2D eigenvalue weighted by Gasteiger charge is 2.12. The van der Waals surface area contributed by atoms with Crippen LogP contribution in [0, 0.1) is 5.82 Å². The van der Waals surface area contributed by atoms with E-state index in [1.54, 1.807) is 12.1 Å². The Morgan fingerprint density at radius 2 is 1.70 bits per heavy atom. The fraction of sp³-hybridized carbons (Fsp3) is 0.300. The highest BCUT2D eigenvalue weighted by Crippen LogP contribution is 2.36. The van der Waals surface area contributed by atoms with Gasteiger partial charge in [-0.2, -0.15) is 5.11 Å². The molecule has 0 aliphatic heterocycles. The van der Waals surface area contributed by atoms with E-state index in [1.165, 1.54) is 36.7 Å². The third kappa shape index (κ3) is 7.01. The van der Waals surface area contributed by atoms with Gasteiger partial charge in [-0.05, 0) is 72.0 Å². The minimum atomic E-state index is -0.438. The van der Waals surface area contributed by atoms with E-state index in [2.05, 4.69) is 17.2 Å². The molecule has 0 atom stereocenters. The second kappa shape index (κ2) is 12.6. The number of thiophene rings is 1. The third-order valence-electron chi connectivity index (χ3n) is 6.11. The van der Waals surface area contributed by atoms with Crippen molar-refractivity contribution in [3.05, 3.63) is 78.1 Å². The first-order chi connectivity index (χ1) is 17.9. The highest BCUT2D eigenvalue weighted by molar-refractivity contribution is 7.22. The first kappa shape index (κ1) is 26.5. The number of rotatable bonds is 11. The molecule has 4 rings (SSSR count). The van der Waals surface area contributed by atoms with Gasteiger partial charge in [-0.25, -0.2) is 9.18 Å². The largest absolute Gasteiger partial charge is 0.462 e. The molecule has 0 aliphatic carbocycles. The average Bonchev–Trinajstić information content (AvgIpc) is 3.33. The van der Waals surface area contributed by atoms with Crippen LogP contribution in [0.4, 0.5) is 21.5 Å². The smallest absolute Gasteiger partial charge is 0.338 e. The van der Waals surface area contributed by atoms with E-state index < -0.39 is 5.82 Å². The minimum absolute atomic E-state index is 0.182. The lowest BCUT2D eigenvalue weighted by Crippen LogP contribution is -2.07. The van der Waals surface area contributed by atoms with Gasteiger partial charge in [-0.15, -0.1) is 16.5 Å². The first-order valence-electron chi connectivity index (χ1n) is 12.6. The molecule has 192 valence electrons. The molecule has 0 saturated carbocycles. The van der Waals surface area contributed by atoms with E-state index in [0.717, 1.165) is 39.1 Å². The predicted molar refractivity (Wildman–Crippen MR) is 151 cm³/mol.